The minimum atomic E-state index is -0.0281. The molecule has 0 aromatic heterocycles. The maximum Gasteiger partial charge on any atom is 0.317 e. The first-order valence-electron chi connectivity index (χ1n) is 9.50. The van der Waals surface area contributed by atoms with Gasteiger partial charge in [0.1, 0.15) is 5.75 Å². The molecule has 25 heavy (non-hydrogen) atoms. The van der Waals surface area contributed by atoms with Gasteiger partial charge in [0.2, 0.25) is 0 Å². The van der Waals surface area contributed by atoms with Crippen LogP contribution in [0.1, 0.15) is 44.6 Å². The quantitative estimate of drug-likeness (QED) is 0.797. The van der Waals surface area contributed by atoms with Crippen LogP contribution in [-0.2, 0) is 6.54 Å². The first kappa shape index (κ1) is 18.1. The van der Waals surface area contributed by atoms with Crippen molar-refractivity contribution in [2.75, 3.05) is 26.3 Å². The molecule has 3 rings (SSSR count). The van der Waals surface area contributed by atoms with Crippen molar-refractivity contribution in [1.82, 2.24) is 10.2 Å². The van der Waals surface area contributed by atoms with Crippen LogP contribution in [0, 0.1) is 11.3 Å². The fourth-order valence-electron chi connectivity index (χ4n) is 3.37. The number of nitrogens with one attached hydrogen (secondary N) is 1. The molecule has 138 valence electrons. The minimum Gasteiger partial charge on any atom is -0.493 e. The van der Waals surface area contributed by atoms with Gasteiger partial charge in [-0.25, -0.2) is 4.79 Å². The van der Waals surface area contributed by atoms with E-state index in [0.29, 0.717) is 25.6 Å². The number of hydrogen-bond acceptors (Lipinski definition) is 3. The Morgan fingerprint density at radius 3 is 2.68 bits per heavy atom. The van der Waals surface area contributed by atoms with Gasteiger partial charge in [0.15, 0.2) is 0 Å². The molecule has 2 amide bonds. The molecule has 5 heteroatoms. The molecule has 1 aromatic carbocycles. The molecule has 1 saturated heterocycles. The molecular formula is C20H30N2O3. The van der Waals surface area contributed by atoms with Crippen molar-refractivity contribution in [2.24, 2.45) is 11.3 Å². The van der Waals surface area contributed by atoms with Gasteiger partial charge >= 0.3 is 6.03 Å². The summed E-state index contributed by atoms with van der Waals surface area (Å²) < 4.78 is 5.90. The number of likely N-dealkylation sites (tertiary alicyclic amines) is 1. The lowest BCUT2D eigenvalue weighted by Gasteiger charge is -2.40. The molecule has 1 aliphatic heterocycles. The number of para-hydroxylation sites is 1. The van der Waals surface area contributed by atoms with Crippen molar-refractivity contribution in [3.63, 3.8) is 0 Å². The summed E-state index contributed by atoms with van der Waals surface area (Å²) in [7, 11) is 0. The number of carbonyl (C=O) groups excluding carboxylic acids is 1. The van der Waals surface area contributed by atoms with Crippen LogP contribution < -0.4 is 10.1 Å². The molecule has 0 radical (unpaired) electrons. The SMILES string of the molecule is CCC1(CO)CCN(C(=O)NCc2ccccc2OCC2CC2)CC1. The van der Waals surface area contributed by atoms with E-state index < -0.39 is 0 Å². The van der Waals surface area contributed by atoms with Gasteiger partial charge in [-0.3, -0.25) is 0 Å². The third-order valence-corrected chi connectivity index (χ3v) is 5.77. The second kappa shape index (κ2) is 8.09. The largest absolute Gasteiger partial charge is 0.493 e. The fraction of sp³-hybridized carbons (Fsp3) is 0.650. The predicted octanol–water partition coefficient (Wildman–Crippen LogP) is 3.17. The van der Waals surface area contributed by atoms with Gasteiger partial charge in [0.25, 0.3) is 0 Å². The highest BCUT2D eigenvalue weighted by Crippen LogP contribution is 2.34. The summed E-state index contributed by atoms with van der Waals surface area (Å²) >= 11 is 0. The highest BCUT2D eigenvalue weighted by Gasteiger charge is 2.33. The molecule has 2 N–H and O–H groups in total. The number of carbonyl (C=O) groups is 1. The Kier molecular flexibility index (Phi) is 5.84. The van der Waals surface area contributed by atoms with E-state index in [9.17, 15) is 9.90 Å². The molecule has 0 atom stereocenters. The van der Waals surface area contributed by atoms with Crippen LogP contribution in [0.5, 0.6) is 5.75 Å². The average molecular weight is 346 g/mol. The Bertz CT molecular complexity index is 572. The number of benzene rings is 1. The Morgan fingerprint density at radius 1 is 1.32 bits per heavy atom. The smallest absolute Gasteiger partial charge is 0.317 e. The van der Waals surface area contributed by atoms with Crippen molar-refractivity contribution in [1.29, 1.82) is 0 Å². The van der Waals surface area contributed by atoms with Gasteiger partial charge < -0.3 is 20.1 Å². The number of aliphatic hydroxyl groups excluding tert-OH is 1. The van der Waals surface area contributed by atoms with Gasteiger partial charge in [0, 0.05) is 31.8 Å². The van der Waals surface area contributed by atoms with E-state index in [0.717, 1.165) is 37.2 Å². The number of rotatable bonds is 7. The molecule has 2 aliphatic rings. The van der Waals surface area contributed by atoms with Gasteiger partial charge in [-0.2, -0.15) is 0 Å². The topological polar surface area (TPSA) is 61.8 Å². The zero-order valence-corrected chi connectivity index (χ0v) is 15.2. The van der Waals surface area contributed by atoms with Gasteiger partial charge in [-0.1, -0.05) is 25.1 Å². The molecule has 5 nitrogen and oxygen atoms in total. The van der Waals surface area contributed by atoms with E-state index in [1.165, 1.54) is 12.8 Å². The highest BCUT2D eigenvalue weighted by atomic mass is 16.5. The Hall–Kier alpha value is -1.75. The van der Waals surface area contributed by atoms with Crippen molar-refractivity contribution in [3.05, 3.63) is 29.8 Å². The Balaban J connectivity index is 1.49. The zero-order chi connectivity index (χ0) is 17.7. The summed E-state index contributed by atoms with van der Waals surface area (Å²) in [5.74, 6) is 1.58. The number of urea groups is 1. The first-order valence-corrected chi connectivity index (χ1v) is 9.50. The second-order valence-electron chi connectivity index (χ2n) is 7.52. The van der Waals surface area contributed by atoms with Crippen LogP contribution in [0.15, 0.2) is 24.3 Å². The summed E-state index contributed by atoms with van der Waals surface area (Å²) in [6, 6.07) is 7.90. The predicted molar refractivity (Wildman–Crippen MR) is 97.5 cm³/mol. The Labute approximate surface area is 150 Å². The summed E-state index contributed by atoms with van der Waals surface area (Å²) in [5.41, 5.74) is 1.02. The first-order chi connectivity index (χ1) is 12.2. The fourth-order valence-corrected chi connectivity index (χ4v) is 3.37. The van der Waals surface area contributed by atoms with Crippen molar-refractivity contribution >= 4 is 6.03 Å². The zero-order valence-electron chi connectivity index (χ0n) is 15.2. The lowest BCUT2D eigenvalue weighted by atomic mass is 9.77. The number of piperidine rings is 1. The van der Waals surface area contributed by atoms with E-state index >= 15 is 0 Å². The number of ether oxygens (including phenoxy) is 1. The third kappa shape index (κ3) is 4.66. The monoisotopic (exact) mass is 346 g/mol. The second-order valence-corrected chi connectivity index (χ2v) is 7.52. The van der Waals surface area contributed by atoms with E-state index in [2.05, 4.69) is 12.2 Å². The molecule has 0 spiro atoms. The van der Waals surface area contributed by atoms with Crippen molar-refractivity contribution < 1.29 is 14.6 Å². The van der Waals surface area contributed by atoms with Crippen LogP contribution in [0.4, 0.5) is 4.79 Å². The average Bonchev–Trinajstić information content (AvgIpc) is 3.49. The highest BCUT2D eigenvalue weighted by molar-refractivity contribution is 5.74. The maximum absolute atomic E-state index is 12.5. The number of amides is 2. The normalized spacial score (nSPS) is 19.5. The van der Waals surface area contributed by atoms with Crippen LogP contribution >= 0.6 is 0 Å². The maximum atomic E-state index is 12.5. The van der Waals surface area contributed by atoms with Crippen molar-refractivity contribution in [3.8, 4) is 5.75 Å². The van der Waals surface area contributed by atoms with Crippen LogP contribution in [-0.4, -0.2) is 42.3 Å². The molecule has 0 bridgehead atoms. The van der Waals surface area contributed by atoms with Crippen molar-refractivity contribution in [2.45, 2.75) is 45.6 Å². The number of hydrogen-bond donors (Lipinski definition) is 2. The summed E-state index contributed by atoms with van der Waals surface area (Å²) in [4.78, 5) is 14.3. The molecule has 0 unspecified atom stereocenters. The molecule has 2 fully saturated rings. The summed E-state index contributed by atoms with van der Waals surface area (Å²) in [6.45, 7) is 5.00. The lowest BCUT2D eigenvalue weighted by Crippen LogP contribution is -2.48. The molecule has 1 aliphatic carbocycles. The standard InChI is InChI=1S/C20H30N2O3/c1-2-20(15-23)9-11-22(12-10-20)19(24)21-13-17-5-3-4-6-18(17)25-14-16-7-8-16/h3-6,16,23H,2,7-15H2,1H3,(H,21,24). The van der Waals surface area contributed by atoms with E-state index in [4.69, 9.17) is 4.74 Å². The molecular weight excluding hydrogens is 316 g/mol. The number of aliphatic hydroxyl groups is 1. The molecule has 1 heterocycles. The summed E-state index contributed by atoms with van der Waals surface area (Å²) in [6.07, 6.45) is 5.23. The summed E-state index contributed by atoms with van der Waals surface area (Å²) in [5, 5.41) is 12.6. The van der Waals surface area contributed by atoms with Gasteiger partial charge in [-0.05, 0) is 49.5 Å². The van der Waals surface area contributed by atoms with E-state index in [1.54, 1.807) is 0 Å². The lowest BCUT2D eigenvalue weighted by molar-refractivity contribution is 0.0519. The van der Waals surface area contributed by atoms with Crippen LogP contribution in [0.3, 0.4) is 0 Å². The van der Waals surface area contributed by atoms with Crippen LogP contribution in [0.25, 0.3) is 0 Å². The van der Waals surface area contributed by atoms with Gasteiger partial charge in [-0.15, -0.1) is 0 Å². The molecule has 1 saturated carbocycles. The van der Waals surface area contributed by atoms with Gasteiger partial charge in [0.05, 0.1) is 6.61 Å². The van der Waals surface area contributed by atoms with E-state index in [1.807, 2.05) is 29.2 Å². The molecule has 1 aromatic rings. The minimum absolute atomic E-state index is 0.0000297. The Morgan fingerprint density at radius 2 is 2.04 bits per heavy atom. The van der Waals surface area contributed by atoms with E-state index in [-0.39, 0.29) is 18.1 Å². The van der Waals surface area contributed by atoms with Crippen LogP contribution in [0.2, 0.25) is 0 Å². The third-order valence-electron chi connectivity index (χ3n) is 5.77. The number of nitrogens with zero attached hydrogens (tertiary/aromatic N) is 1.